The summed E-state index contributed by atoms with van der Waals surface area (Å²) < 4.78 is 0. The number of halogens is 2. The molecule has 0 saturated heterocycles. The van der Waals surface area contributed by atoms with Gasteiger partial charge in [0.25, 0.3) is 5.91 Å². The van der Waals surface area contributed by atoms with Crippen LogP contribution in [0, 0.1) is 11.3 Å². The van der Waals surface area contributed by atoms with E-state index in [1.165, 1.54) is 12.1 Å². The lowest BCUT2D eigenvalue weighted by molar-refractivity contribution is 0.0696. The van der Waals surface area contributed by atoms with Crippen molar-refractivity contribution >= 4 is 35.1 Å². The first-order chi connectivity index (χ1) is 7.97. The molecule has 17 heavy (non-hydrogen) atoms. The van der Waals surface area contributed by atoms with Gasteiger partial charge in [-0.2, -0.15) is 5.26 Å². The monoisotopic (exact) mass is 272 g/mol. The SMILES string of the molecule is N#CCNC(=O)c1cc(Cl)c(C(=O)O)c(Cl)c1. The van der Waals surface area contributed by atoms with E-state index in [0.717, 1.165) is 0 Å². The fourth-order valence-electron chi connectivity index (χ4n) is 1.13. The van der Waals surface area contributed by atoms with Crippen LogP contribution in [-0.4, -0.2) is 23.5 Å². The lowest BCUT2D eigenvalue weighted by Gasteiger charge is -2.06. The van der Waals surface area contributed by atoms with Crippen molar-refractivity contribution in [1.82, 2.24) is 5.32 Å². The topological polar surface area (TPSA) is 90.2 Å². The van der Waals surface area contributed by atoms with Crippen LogP contribution in [0.2, 0.25) is 10.0 Å². The maximum atomic E-state index is 11.5. The number of carboxylic acid groups (broad SMARTS) is 1. The van der Waals surface area contributed by atoms with Gasteiger partial charge in [-0.25, -0.2) is 4.79 Å². The number of amides is 1. The van der Waals surface area contributed by atoms with Crippen molar-refractivity contribution in [2.24, 2.45) is 0 Å². The van der Waals surface area contributed by atoms with Crippen LogP contribution in [0.3, 0.4) is 0 Å². The van der Waals surface area contributed by atoms with Gasteiger partial charge in [0.15, 0.2) is 0 Å². The minimum absolute atomic E-state index is 0.0975. The summed E-state index contributed by atoms with van der Waals surface area (Å²) in [6.45, 7) is -0.158. The molecular formula is C10H6Cl2N2O3. The molecule has 0 fully saturated rings. The van der Waals surface area contributed by atoms with Crippen molar-refractivity contribution < 1.29 is 14.7 Å². The van der Waals surface area contributed by atoms with E-state index in [1.807, 2.05) is 0 Å². The molecule has 5 nitrogen and oxygen atoms in total. The predicted octanol–water partition coefficient (Wildman–Crippen LogP) is 1.94. The summed E-state index contributed by atoms with van der Waals surface area (Å²) in [5, 5.41) is 19.1. The lowest BCUT2D eigenvalue weighted by atomic mass is 10.1. The van der Waals surface area contributed by atoms with Gasteiger partial charge in [-0.3, -0.25) is 4.79 Å². The highest BCUT2D eigenvalue weighted by Crippen LogP contribution is 2.26. The number of nitrogens with zero attached hydrogens (tertiary/aromatic N) is 1. The molecule has 0 bridgehead atoms. The number of hydrogen-bond acceptors (Lipinski definition) is 3. The fraction of sp³-hybridized carbons (Fsp3) is 0.100. The minimum atomic E-state index is -1.27. The molecule has 88 valence electrons. The number of nitrogens with one attached hydrogen (secondary N) is 1. The second kappa shape index (κ2) is 5.53. The molecule has 0 unspecified atom stereocenters. The first-order valence-electron chi connectivity index (χ1n) is 4.35. The smallest absolute Gasteiger partial charge is 0.338 e. The highest BCUT2D eigenvalue weighted by molar-refractivity contribution is 6.39. The molecule has 0 aliphatic rings. The van der Waals surface area contributed by atoms with E-state index >= 15 is 0 Å². The van der Waals surface area contributed by atoms with Gasteiger partial charge < -0.3 is 10.4 Å². The predicted molar refractivity (Wildman–Crippen MR) is 61.4 cm³/mol. The minimum Gasteiger partial charge on any atom is -0.478 e. The van der Waals surface area contributed by atoms with Crippen LogP contribution >= 0.6 is 23.2 Å². The van der Waals surface area contributed by atoms with Crippen molar-refractivity contribution in [1.29, 1.82) is 5.26 Å². The Labute approximate surface area is 107 Å². The van der Waals surface area contributed by atoms with Gasteiger partial charge in [-0.15, -0.1) is 0 Å². The molecule has 1 aromatic rings. The van der Waals surface area contributed by atoms with Crippen LogP contribution in [0.25, 0.3) is 0 Å². The summed E-state index contributed by atoms with van der Waals surface area (Å²) in [5.41, 5.74) is -0.162. The van der Waals surface area contributed by atoms with Crippen LogP contribution in [0.15, 0.2) is 12.1 Å². The first-order valence-corrected chi connectivity index (χ1v) is 5.10. The fourth-order valence-corrected chi connectivity index (χ4v) is 1.78. The number of carbonyl (C=O) groups excluding carboxylic acids is 1. The second-order valence-electron chi connectivity index (χ2n) is 2.96. The Balaban J connectivity index is 3.11. The van der Waals surface area contributed by atoms with Gasteiger partial charge in [-0.1, -0.05) is 23.2 Å². The molecule has 0 atom stereocenters. The van der Waals surface area contributed by atoms with Crippen LogP contribution < -0.4 is 5.32 Å². The lowest BCUT2D eigenvalue weighted by Crippen LogP contribution is -2.23. The molecule has 0 radical (unpaired) electrons. The highest BCUT2D eigenvalue weighted by Gasteiger charge is 2.17. The molecule has 0 aliphatic carbocycles. The third-order valence-electron chi connectivity index (χ3n) is 1.85. The number of nitriles is 1. The van der Waals surface area contributed by atoms with E-state index in [0.29, 0.717) is 0 Å². The maximum Gasteiger partial charge on any atom is 0.338 e. The molecule has 2 N–H and O–H groups in total. The van der Waals surface area contributed by atoms with E-state index in [1.54, 1.807) is 6.07 Å². The van der Waals surface area contributed by atoms with Crippen LogP contribution in [-0.2, 0) is 0 Å². The normalized spacial score (nSPS) is 9.47. The molecule has 0 spiro atoms. The third kappa shape index (κ3) is 3.09. The first kappa shape index (κ1) is 13.3. The summed E-state index contributed by atoms with van der Waals surface area (Å²) in [7, 11) is 0. The molecular weight excluding hydrogens is 267 g/mol. The summed E-state index contributed by atoms with van der Waals surface area (Å²) >= 11 is 11.4. The van der Waals surface area contributed by atoms with Gasteiger partial charge in [0.05, 0.1) is 21.7 Å². The van der Waals surface area contributed by atoms with Crippen LogP contribution in [0.1, 0.15) is 20.7 Å². The highest BCUT2D eigenvalue weighted by atomic mass is 35.5. The van der Waals surface area contributed by atoms with Gasteiger partial charge in [-0.05, 0) is 12.1 Å². The number of aromatic carboxylic acids is 1. The van der Waals surface area contributed by atoms with Crippen LogP contribution in [0.4, 0.5) is 0 Å². The summed E-state index contributed by atoms with van der Waals surface area (Å²) in [6.07, 6.45) is 0. The van der Waals surface area contributed by atoms with Gasteiger partial charge in [0, 0.05) is 5.56 Å². The maximum absolute atomic E-state index is 11.5. The van der Waals surface area contributed by atoms with E-state index in [4.69, 9.17) is 33.6 Å². The number of rotatable bonds is 3. The number of carbonyl (C=O) groups is 2. The third-order valence-corrected chi connectivity index (χ3v) is 2.44. The quantitative estimate of drug-likeness (QED) is 0.823. The largest absolute Gasteiger partial charge is 0.478 e. The van der Waals surface area contributed by atoms with Crippen molar-refractivity contribution in [3.8, 4) is 6.07 Å². The number of hydrogen-bond donors (Lipinski definition) is 2. The molecule has 1 rings (SSSR count). The van der Waals surface area contributed by atoms with Crippen molar-refractivity contribution in [2.45, 2.75) is 0 Å². The zero-order valence-corrected chi connectivity index (χ0v) is 9.84. The average Bonchev–Trinajstić information content (AvgIpc) is 2.24. The zero-order valence-electron chi connectivity index (χ0n) is 8.33. The Bertz CT molecular complexity index is 500. The van der Waals surface area contributed by atoms with E-state index in [-0.39, 0.29) is 27.7 Å². The molecule has 0 aliphatic heterocycles. The number of benzene rings is 1. The summed E-state index contributed by atoms with van der Waals surface area (Å²) in [5.74, 6) is -1.82. The average molecular weight is 273 g/mol. The summed E-state index contributed by atoms with van der Waals surface area (Å²) in [6, 6.07) is 4.10. The standard InChI is InChI=1S/C10H6Cl2N2O3/c11-6-3-5(9(15)14-2-1-13)4-7(12)8(6)10(16)17/h3-4H,2H2,(H,14,15)(H,16,17). The van der Waals surface area contributed by atoms with Crippen molar-refractivity contribution in [3.63, 3.8) is 0 Å². The second-order valence-corrected chi connectivity index (χ2v) is 3.78. The van der Waals surface area contributed by atoms with Gasteiger partial charge in [0.1, 0.15) is 6.54 Å². The van der Waals surface area contributed by atoms with Gasteiger partial charge in [0.2, 0.25) is 0 Å². The Morgan fingerprint density at radius 1 is 1.35 bits per heavy atom. The molecule has 7 heteroatoms. The Morgan fingerprint density at radius 3 is 2.29 bits per heavy atom. The summed E-state index contributed by atoms with van der Waals surface area (Å²) in [4.78, 5) is 22.2. The molecule has 0 saturated carbocycles. The molecule has 0 heterocycles. The number of carboxylic acids is 1. The Morgan fingerprint density at radius 2 is 1.88 bits per heavy atom. The van der Waals surface area contributed by atoms with E-state index in [2.05, 4.69) is 5.32 Å². The molecule has 0 aromatic heterocycles. The van der Waals surface area contributed by atoms with Crippen molar-refractivity contribution in [3.05, 3.63) is 33.3 Å². The Hall–Kier alpha value is -1.77. The van der Waals surface area contributed by atoms with Crippen molar-refractivity contribution in [2.75, 3.05) is 6.54 Å². The van der Waals surface area contributed by atoms with E-state index in [9.17, 15) is 9.59 Å². The molecule has 1 amide bonds. The zero-order chi connectivity index (χ0) is 13.0. The molecule has 1 aromatic carbocycles. The van der Waals surface area contributed by atoms with E-state index < -0.39 is 11.9 Å². The van der Waals surface area contributed by atoms with Gasteiger partial charge >= 0.3 is 5.97 Å². The Kier molecular flexibility index (Phi) is 4.32. The van der Waals surface area contributed by atoms with Crippen LogP contribution in [0.5, 0.6) is 0 Å².